The molecule has 4 heteroatoms. The van der Waals surface area contributed by atoms with Crippen molar-refractivity contribution in [3.05, 3.63) is 24.3 Å². The highest BCUT2D eigenvalue weighted by molar-refractivity contribution is 5.92. The van der Waals surface area contributed by atoms with Crippen molar-refractivity contribution in [2.75, 3.05) is 11.9 Å². The molecule has 0 spiro atoms. The third-order valence-corrected chi connectivity index (χ3v) is 3.94. The minimum Gasteiger partial charge on any atom is -0.491 e. The molecule has 1 atom stereocenters. The van der Waals surface area contributed by atoms with Gasteiger partial charge < -0.3 is 15.4 Å². The fraction of sp³-hybridized carbons (Fsp3) is 0.588. The van der Waals surface area contributed by atoms with Gasteiger partial charge in [-0.05, 0) is 38.3 Å². The average molecular weight is 290 g/mol. The van der Waals surface area contributed by atoms with Crippen LogP contribution in [0.5, 0.6) is 5.75 Å². The van der Waals surface area contributed by atoms with E-state index in [1.54, 1.807) is 0 Å². The second kappa shape index (κ2) is 8.03. The lowest BCUT2D eigenvalue weighted by atomic mass is 10.2. The van der Waals surface area contributed by atoms with Crippen LogP contribution in [0, 0.1) is 0 Å². The average Bonchev–Trinajstić information content (AvgIpc) is 2.98. The highest BCUT2D eigenvalue weighted by Crippen LogP contribution is 2.19. The minimum atomic E-state index is 0.00240. The standard InChI is InChI=1S/C17H26N2O2/c1-3-13(2)21-16-10-6-9-15(11-16)19-17(20)12-18-14-7-4-5-8-14/h6,9-11,13-14,18H,3-5,7-8,12H2,1-2H3,(H,19,20). The lowest BCUT2D eigenvalue weighted by molar-refractivity contribution is -0.115. The minimum absolute atomic E-state index is 0.00240. The zero-order valence-electron chi connectivity index (χ0n) is 13.0. The zero-order valence-corrected chi connectivity index (χ0v) is 13.0. The third-order valence-electron chi connectivity index (χ3n) is 3.94. The molecule has 0 saturated heterocycles. The van der Waals surface area contributed by atoms with E-state index < -0.39 is 0 Å². The first kappa shape index (κ1) is 15.8. The molecule has 21 heavy (non-hydrogen) atoms. The summed E-state index contributed by atoms with van der Waals surface area (Å²) in [6.07, 6.45) is 6.06. The van der Waals surface area contributed by atoms with Crippen LogP contribution in [-0.2, 0) is 4.79 Å². The molecular formula is C17H26N2O2. The first-order valence-corrected chi connectivity index (χ1v) is 7.97. The van der Waals surface area contributed by atoms with Crippen LogP contribution >= 0.6 is 0 Å². The molecule has 2 N–H and O–H groups in total. The second-order valence-corrected chi connectivity index (χ2v) is 5.78. The molecule has 1 aliphatic carbocycles. The van der Waals surface area contributed by atoms with Crippen molar-refractivity contribution in [1.29, 1.82) is 0 Å². The number of ether oxygens (including phenoxy) is 1. The number of nitrogens with one attached hydrogen (secondary N) is 2. The molecule has 0 bridgehead atoms. The Morgan fingerprint density at radius 2 is 2.14 bits per heavy atom. The molecule has 1 aromatic rings. The van der Waals surface area contributed by atoms with Gasteiger partial charge >= 0.3 is 0 Å². The van der Waals surface area contributed by atoms with Gasteiger partial charge in [0, 0.05) is 17.8 Å². The summed E-state index contributed by atoms with van der Waals surface area (Å²) < 4.78 is 5.76. The number of hydrogen-bond acceptors (Lipinski definition) is 3. The SMILES string of the molecule is CCC(C)Oc1cccc(NC(=O)CNC2CCCC2)c1. The molecule has 1 fully saturated rings. The molecule has 1 amide bonds. The monoisotopic (exact) mass is 290 g/mol. The lowest BCUT2D eigenvalue weighted by Gasteiger charge is -2.14. The molecule has 0 aromatic heterocycles. The Morgan fingerprint density at radius 3 is 2.86 bits per heavy atom. The maximum atomic E-state index is 11.9. The Hall–Kier alpha value is -1.55. The Bertz CT molecular complexity index is 456. The van der Waals surface area contributed by atoms with Crippen molar-refractivity contribution in [1.82, 2.24) is 5.32 Å². The van der Waals surface area contributed by atoms with Gasteiger partial charge in [-0.1, -0.05) is 25.8 Å². The van der Waals surface area contributed by atoms with Crippen molar-refractivity contribution in [3.63, 3.8) is 0 Å². The third kappa shape index (κ3) is 5.38. The van der Waals surface area contributed by atoms with Crippen molar-refractivity contribution < 1.29 is 9.53 Å². The zero-order chi connectivity index (χ0) is 15.1. The summed E-state index contributed by atoms with van der Waals surface area (Å²) in [6, 6.07) is 8.09. The van der Waals surface area contributed by atoms with E-state index in [9.17, 15) is 4.79 Å². The number of anilines is 1. The molecule has 1 aliphatic rings. The van der Waals surface area contributed by atoms with Gasteiger partial charge in [0.2, 0.25) is 5.91 Å². The first-order valence-electron chi connectivity index (χ1n) is 7.97. The molecule has 1 unspecified atom stereocenters. The molecule has 0 heterocycles. The number of amides is 1. The van der Waals surface area contributed by atoms with E-state index in [0.717, 1.165) is 17.9 Å². The van der Waals surface area contributed by atoms with E-state index in [-0.39, 0.29) is 12.0 Å². The normalized spacial score (nSPS) is 16.7. The van der Waals surface area contributed by atoms with E-state index in [1.807, 2.05) is 31.2 Å². The van der Waals surface area contributed by atoms with Crippen LogP contribution in [0.2, 0.25) is 0 Å². The molecule has 116 valence electrons. The van der Waals surface area contributed by atoms with E-state index >= 15 is 0 Å². The van der Waals surface area contributed by atoms with E-state index in [4.69, 9.17) is 4.74 Å². The molecule has 0 radical (unpaired) electrons. The molecule has 1 aromatic carbocycles. The Balaban J connectivity index is 1.80. The van der Waals surface area contributed by atoms with Crippen LogP contribution < -0.4 is 15.4 Å². The van der Waals surface area contributed by atoms with Gasteiger partial charge in [0.1, 0.15) is 5.75 Å². The maximum absolute atomic E-state index is 11.9. The summed E-state index contributed by atoms with van der Waals surface area (Å²) in [5.74, 6) is 0.800. The summed E-state index contributed by atoms with van der Waals surface area (Å²) in [5.41, 5.74) is 0.786. The number of rotatable bonds is 7. The summed E-state index contributed by atoms with van der Waals surface area (Å²) in [5, 5.41) is 6.23. The highest BCUT2D eigenvalue weighted by Gasteiger charge is 2.15. The summed E-state index contributed by atoms with van der Waals surface area (Å²) in [7, 11) is 0. The summed E-state index contributed by atoms with van der Waals surface area (Å²) in [4.78, 5) is 11.9. The topological polar surface area (TPSA) is 50.4 Å². The Kier molecular flexibility index (Phi) is 6.05. The largest absolute Gasteiger partial charge is 0.491 e. The summed E-state index contributed by atoms with van der Waals surface area (Å²) in [6.45, 7) is 4.50. The van der Waals surface area contributed by atoms with Gasteiger partial charge in [-0.15, -0.1) is 0 Å². The van der Waals surface area contributed by atoms with Gasteiger partial charge in [-0.25, -0.2) is 0 Å². The first-order chi connectivity index (χ1) is 10.2. The van der Waals surface area contributed by atoms with Crippen molar-refractivity contribution in [2.45, 2.75) is 58.1 Å². The molecule has 0 aliphatic heterocycles. The van der Waals surface area contributed by atoms with Crippen LogP contribution in [0.1, 0.15) is 46.0 Å². The van der Waals surface area contributed by atoms with Gasteiger partial charge in [0.25, 0.3) is 0 Å². The number of hydrogen-bond donors (Lipinski definition) is 2. The molecule has 2 rings (SSSR count). The van der Waals surface area contributed by atoms with E-state index in [2.05, 4.69) is 17.6 Å². The molecule has 4 nitrogen and oxygen atoms in total. The van der Waals surface area contributed by atoms with Gasteiger partial charge in [-0.2, -0.15) is 0 Å². The van der Waals surface area contributed by atoms with Gasteiger partial charge in [0.05, 0.1) is 12.6 Å². The number of benzene rings is 1. The Morgan fingerprint density at radius 1 is 1.38 bits per heavy atom. The van der Waals surface area contributed by atoms with Crippen LogP contribution in [0.3, 0.4) is 0 Å². The van der Waals surface area contributed by atoms with Crippen molar-refractivity contribution in [3.8, 4) is 5.75 Å². The quantitative estimate of drug-likeness (QED) is 0.810. The van der Waals surface area contributed by atoms with Crippen molar-refractivity contribution in [2.24, 2.45) is 0 Å². The number of carbonyl (C=O) groups is 1. The summed E-state index contributed by atoms with van der Waals surface area (Å²) >= 11 is 0. The predicted molar refractivity (Wildman–Crippen MR) is 85.7 cm³/mol. The predicted octanol–water partition coefficient (Wildman–Crippen LogP) is 3.33. The Labute approximate surface area is 127 Å². The maximum Gasteiger partial charge on any atom is 0.238 e. The van der Waals surface area contributed by atoms with Crippen LogP contribution in [0.15, 0.2) is 24.3 Å². The van der Waals surface area contributed by atoms with Crippen LogP contribution in [0.25, 0.3) is 0 Å². The highest BCUT2D eigenvalue weighted by atomic mass is 16.5. The molecule has 1 saturated carbocycles. The molecular weight excluding hydrogens is 264 g/mol. The van der Waals surface area contributed by atoms with E-state index in [1.165, 1.54) is 25.7 Å². The lowest BCUT2D eigenvalue weighted by Crippen LogP contribution is -2.34. The van der Waals surface area contributed by atoms with Gasteiger partial charge in [0.15, 0.2) is 0 Å². The van der Waals surface area contributed by atoms with Crippen LogP contribution in [0.4, 0.5) is 5.69 Å². The van der Waals surface area contributed by atoms with Crippen molar-refractivity contribution >= 4 is 11.6 Å². The fourth-order valence-corrected chi connectivity index (χ4v) is 2.53. The van der Waals surface area contributed by atoms with E-state index in [0.29, 0.717) is 12.6 Å². The smallest absolute Gasteiger partial charge is 0.238 e. The second-order valence-electron chi connectivity index (χ2n) is 5.78. The van der Waals surface area contributed by atoms with Gasteiger partial charge in [-0.3, -0.25) is 4.79 Å². The number of carbonyl (C=O) groups excluding carboxylic acids is 1. The van der Waals surface area contributed by atoms with Crippen LogP contribution in [-0.4, -0.2) is 24.6 Å². The fourth-order valence-electron chi connectivity index (χ4n) is 2.53.